The zero-order valence-electron chi connectivity index (χ0n) is 10.6. The van der Waals surface area contributed by atoms with E-state index in [-0.39, 0.29) is 11.3 Å². The highest BCUT2D eigenvalue weighted by molar-refractivity contribution is 7.86. The fraction of sp³-hybridized carbons (Fsp3) is 0. The van der Waals surface area contributed by atoms with Crippen LogP contribution in [0.2, 0.25) is 0 Å². The molecule has 0 saturated heterocycles. The van der Waals surface area contributed by atoms with Crippen LogP contribution >= 0.6 is 0 Å². The van der Waals surface area contributed by atoms with Crippen LogP contribution in [0.1, 0.15) is 15.9 Å². The van der Waals surface area contributed by atoms with Crippen LogP contribution in [-0.2, 0) is 10.2 Å². The summed E-state index contributed by atoms with van der Waals surface area (Å²) in [6.45, 7) is 0. The summed E-state index contributed by atoms with van der Waals surface area (Å²) in [4.78, 5) is 11.4. The van der Waals surface area contributed by atoms with Crippen LogP contribution in [0.4, 0.5) is 9.57 Å². The molecule has 0 aliphatic carbocycles. The lowest BCUT2D eigenvalue weighted by molar-refractivity contribution is 0.102. The second-order valence-electron chi connectivity index (χ2n) is 4.08. The van der Waals surface area contributed by atoms with E-state index < -0.39 is 21.0 Å². The van der Waals surface area contributed by atoms with E-state index in [1.165, 1.54) is 42.5 Å². The number of nitriles is 1. The minimum atomic E-state index is -4.93. The summed E-state index contributed by atoms with van der Waals surface area (Å²) in [5.74, 6) is -0.601. The highest BCUT2D eigenvalue weighted by Gasteiger charge is 2.18. The molecule has 0 bridgehead atoms. The van der Waals surface area contributed by atoms with Gasteiger partial charge < -0.3 is 5.32 Å². The van der Waals surface area contributed by atoms with Gasteiger partial charge in [0.15, 0.2) is 0 Å². The van der Waals surface area contributed by atoms with Crippen LogP contribution in [0.3, 0.4) is 0 Å². The third-order valence-electron chi connectivity index (χ3n) is 2.67. The number of benzene rings is 2. The summed E-state index contributed by atoms with van der Waals surface area (Å²) < 4.78 is 35.1. The van der Waals surface area contributed by atoms with Gasteiger partial charge in [-0.3, -0.25) is 4.79 Å². The van der Waals surface area contributed by atoms with Gasteiger partial charge in [-0.1, -0.05) is 12.1 Å². The molecule has 2 aromatic rings. The first-order valence-electron chi connectivity index (χ1n) is 5.77. The predicted molar refractivity (Wildman–Crippen MR) is 73.8 cm³/mol. The number of anilines is 1. The Hall–Kier alpha value is -2.72. The second kappa shape index (κ2) is 5.73. The minimum absolute atomic E-state index is 0.144. The van der Waals surface area contributed by atoms with Crippen molar-refractivity contribution in [3.63, 3.8) is 0 Å². The van der Waals surface area contributed by atoms with Crippen molar-refractivity contribution in [3.05, 3.63) is 59.7 Å². The first kappa shape index (κ1) is 14.7. The first-order chi connectivity index (χ1) is 9.91. The number of nitrogens with zero attached hydrogens (tertiary/aromatic N) is 1. The largest absolute Gasteiger partial charge is 0.334 e. The van der Waals surface area contributed by atoms with E-state index in [2.05, 4.69) is 5.32 Å². The fourth-order valence-electron chi connectivity index (χ4n) is 1.67. The van der Waals surface area contributed by atoms with Crippen molar-refractivity contribution in [2.24, 2.45) is 0 Å². The molecule has 1 N–H and O–H groups in total. The maximum absolute atomic E-state index is 13.1. The Morgan fingerprint density at radius 2 is 1.71 bits per heavy atom. The maximum atomic E-state index is 13.1. The summed E-state index contributed by atoms with van der Waals surface area (Å²) in [5, 5.41) is 11.0. The number of carbonyl (C=O) groups is 1. The van der Waals surface area contributed by atoms with Gasteiger partial charge in [-0.2, -0.15) is 13.7 Å². The number of para-hydroxylation sites is 1. The predicted octanol–water partition coefficient (Wildman–Crippen LogP) is 2.47. The molecule has 0 aromatic heterocycles. The van der Waals surface area contributed by atoms with Gasteiger partial charge in [0, 0.05) is 5.56 Å². The van der Waals surface area contributed by atoms with Crippen LogP contribution in [-0.4, -0.2) is 14.3 Å². The molecule has 0 fully saturated rings. The van der Waals surface area contributed by atoms with Crippen molar-refractivity contribution in [2.45, 2.75) is 4.90 Å². The topological polar surface area (TPSA) is 87.0 Å². The molecule has 106 valence electrons. The van der Waals surface area contributed by atoms with Gasteiger partial charge in [0.2, 0.25) is 0 Å². The Labute approximate surface area is 120 Å². The monoisotopic (exact) mass is 304 g/mol. The van der Waals surface area contributed by atoms with Crippen LogP contribution in [0.5, 0.6) is 0 Å². The number of nitrogens with one attached hydrogen (secondary N) is 1. The van der Waals surface area contributed by atoms with Gasteiger partial charge in [-0.25, -0.2) is 0 Å². The van der Waals surface area contributed by atoms with E-state index in [9.17, 15) is 17.1 Å². The van der Waals surface area contributed by atoms with Crippen LogP contribution in [0.25, 0.3) is 0 Å². The zero-order valence-corrected chi connectivity index (χ0v) is 11.4. The molecule has 2 rings (SSSR count). The number of hydrogen-bond acceptors (Lipinski definition) is 4. The van der Waals surface area contributed by atoms with Crippen molar-refractivity contribution in [1.29, 1.82) is 5.26 Å². The number of rotatable bonds is 3. The van der Waals surface area contributed by atoms with Crippen LogP contribution in [0.15, 0.2) is 53.4 Å². The summed E-state index contributed by atoms with van der Waals surface area (Å²) in [5.41, 5.74) is 0.465. The van der Waals surface area contributed by atoms with E-state index in [0.29, 0.717) is 5.56 Å². The third-order valence-corrected chi connectivity index (χ3v) is 3.56. The van der Waals surface area contributed by atoms with E-state index >= 15 is 0 Å². The van der Waals surface area contributed by atoms with Gasteiger partial charge in [0.1, 0.15) is 4.90 Å². The molecule has 0 saturated carbocycles. The molecule has 21 heavy (non-hydrogen) atoms. The van der Waals surface area contributed by atoms with Crippen molar-refractivity contribution in [3.8, 4) is 6.07 Å². The lowest BCUT2D eigenvalue weighted by Crippen LogP contribution is -2.13. The molecule has 0 radical (unpaired) electrons. The van der Waals surface area contributed by atoms with Crippen LogP contribution in [0, 0.1) is 11.3 Å². The lowest BCUT2D eigenvalue weighted by Gasteiger charge is -2.08. The average Bonchev–Trinajstić information content (AvgIpc) is 2.47. The molecule has 2 aromatic carbocycles. The number of halogens is 1. The van der Waals surface area contributed by atoms with Gasteiger partial charge >= 0.3 is 10.2 Å². The standard InChI is InChI=1S/C14H9FN2O3S/c15-21(19,20)13-4-2-1-3-12(13)17-14(18)11-7-5-10(9-16)6-8-11/h1-8H,(H,17,18). The molecule has 0 unspecified atom stereocenters. The molecule has 0 atom stereocenters. The Morgan fingerprint density at radius 1 is 1.10 bits per heavy atom. The average molecular weight is 304 g/mol. The van der Waals surface area contributed by atoms with Crippen molar-refractivity contribution in [2.75, 3.05) is 5.32 Å². The molecule has 0 heterocycles. The molecule has 7 heteroatoms. The van der Waals surface area contributed by atoms with Crippen molar-refractivity contribution in [1.82, 2.24) is 0 Å². The third kappa shape index (κ3) is 3.43. The molecule has 0 spiro atoms. The molecule has 5 nitrogen and oxygen atoms in total. The highest BCUT2D eigenvalue weighted by Crippen LogP contribution is 2.23. The quantitative estimate of drug-likeness (QED) is 0.882. The second-order valence-corrected chi connectivity index (χ2v) is 5.39. The normalized spacial score (nSPS) is 10.7. The molecular formula is C14H9FN2O3S. The maximum Gasteiger partial charge on any atom is 0.334 e. The van der Waals surface area contributed by atoms with Gasteiger partial charge in [-0.15, -0.1) is 3.89 Å². The minimum Gasteiger partial charge on any atom is -0.321 e. The van der Waals surface area contributed by atoms with E-state index in [0.717, 1.165) is 6.07 Å². The number of carbonyl (C=O) groups excluding carboxylic acids is 1. The molecular weight excluding hydrogens is 295 g/mol. The Balaban J connectivity index is 2.30. The number of amides is 1. The first-order valence-corrected chi connectivity index (χ1v) is 7.15. The van der Waals surface area contributed by atoms with Gasteiger partial charge in [0.05, 0.1) is 17.3 Å². The highest BCUT2D eigenvalue weighted by atomic mass is 32.3. The van der Waals surface area contributed by atoms with Crippen molar-refractivity contribution < 1.29 is 17.1 Å². The molecule has 1 amide bonds. The van der Waals surface area contributed by atoms with Gasteiger partial charge in [0.25, 0.3) is 5.91 Å². The smallest absolute Gasteiger partial charge is 0.321 e. The summed E-state index contributed by atoms with van der Waals surface area (Å²) >= 11 is 0. The zero-order chi connectivity index (χ0) is 15.5. The van der Waals surface area contributed by atoms with E-state index in [1.807, 2.05) is 6.07 Å². The van der Waals surface area contributed by atoms with E-state index in [1.54, 1.807) is 0 Å². The van der Waals surface area contributed by atoms with Gasteiger partial charge in [-0.05, 0) is 36.4 Å². The summed E-state index contributed by atoms with van der Waals surface area (Å²) in [6, 6.07) is 12.8. The Bertz CT molecular complexity index is 824. The Morgan fingerprint density at radius 3 is 2.29 bits per heavy atom. The SMILES string of the molecule is N#Cc1ccc(C(=O)Nc2ccccc2S(=O)(=O)F)cc1. The lowest BCUT2D eigenvalue weighted by atomic mass is 10.1. The van der Waals surface area contributed by atoms with E-state index in [4.69, 9.17) is 5.26 Å². The summed E-state index contributed by atoms with van der Waals surface area (Å²) in [6.07, 6.45) is 0. The van der Waals surface area contributed by atoms with Crippen LogP contribution < -0.4 is 5.32 Å². The Kier molecular flexibility index (Phi) is 4.00. The van der Waals surface area contributed by atoms with Crippen molar-refractivity contribution >= 4 is 21.8 Å². The molecule has 0 aliphatic heterocycles. The number of hydrogen-bond donors (Lipinski definition) is 1. The summed E-state index contributed by atoms with van der Waals surface area (Å²) in [7, 11) is -4.93. The molecule has 0 aliphatic rings. The fourth-order valence-corrected chi connectivity index (χ4v) is 2.30.